The predicted octanol–water partition coefficient (Wildman–Crippen LogP) is 2.57. The maximum atomic E-state index is 13.2. The Morgan fingerprint density at radius 2 is 2.11 bits per heavy atom. The molecule has 0 bridgehead atoms. The number of aryl methyl sites for hydroxylation is 1. The van der Waals surface area contributed by atoms with E-state index >= 15 is 0 Å². The molecule has 4 rings (SSSR count). The zero-order chi connectivity index (χ0) is 19.2. The van der Waals surface area contributed by atoms with Crippen molar-refractivity contribution >= 4 is 11.6 Å². The largest absolute Gasteiger partial charge is 0.408 e. The Labute approximate surface area is 151 Å². The van der Waals surface area contributed by atoms with E-state index in [1.807, 2.05) is 0 Å². The molecule has 10 heteroatoms. The summed E-state index contributed by atoms with van der Waals surface area (Å²) >= 11 is 0. The van der Waals surface area contributed by atoms with Gasteiger partial charge < -0.3 is 5.32 Å². The van der Waals surface area contributed by atoms with Crippen LogP contribution in [0.2, 0.25) is 0 Å². The molecule has 1 unspecified atom stereocenters. The minimum Gasteiger partial charge on any atom is -0.340 e. The fourth-order valence-electron chi connectivity index (χ4n) is 2.96. The van der Waals surface area contributed by atoms with Gasteiger partial charge in [-0.25, -0.2) is 9.50 Å². The number of hydrogen-bond acceptors (Lipinski definition) is 5. The lowest BCUT2D eigenvalue weighted by atomic mass is 10.1. The van der Waals surface area contributed by atoms with Gasteiger partial charge in [-0.1, -0.05) is 0 Å². The summed E-state index contributed by atoms with van der Waals surface area (Å²) in [6.07, 6.45) is -0.845. The van der Waals surface area contributed by atoms with Crippen LogP contribution in [0.3, 0.4) is 0 Å². The van der Waals surface area contributed by atoms with Crippen molar-refractivity contribution in [1.82, 2.24) is 30.1 Å². The quantitative estimate of drug-likeness (QED) is 0.757. The number of amides is 1. The predicted molar refractivity (Wildman–Crippen MR) is 88.8 cm³/mol. The average Bonchev–Trinajstić information content (AvgIpc) is 3.37. The second-order valence-electron chi connectivity index (χ2n) is 6.52. The molecule has 0 aromatic carbocycles. The normalized spacial score (nSPS) is 15.7. The van der Waals surface area contributed by atoms with E-state index in [1.165, 1.54) is 16.9 Å². The van der Waals surface area contributed by atoms with Gasteiger partial charge in [0.05, 0.1) is 11.9 Å². The van der Waals surface area contributed by atoms with Crippen molar-refractivity contribution in [3.63, 3.8) is 0 Å². The van der Waals surface area contributed by atoms with Crippen LogP contribution in [-0.2, 0) is 0 Å². The van der Waals surface area contributed by atoms with Gasteiger partial charge in [-0.15, -0.1) is 5.10 Å². The zero-order valence-corrected chi connectivity index (χ0v) is 14.2. The van der Waals surface area contributed by atoms with Crippen molar-refractivity contribution < 1.29 is 18.0 Å². The second-order valence-corrected chi connectivity index (χ2v) is 6.52. The van der Waals surface area contributed by atoms with Gasteiger partial charge in [0.2, 0.25) is 0 Å². The number of nitrogens with zero attached hydrogens (tertiary/aromatic N) is 5. The Hall–Kier alpha value is -3.04. The van der Waals surface area contributed by atoms with Crippen LogP contribution in [0.5, 0.6) is 0 Å². The zero-order valence-electron chi connectivity index (χ0n) is 14.2. The van der Waals surface area contributed by atoms with Crippen LogP contribution in [0.15, 0.2) is 30.6 Å². The van der Waals surface area contributed by atoms with Gasteiger partial charge in [-0.2, -0.15) is 23.4 Å². The third-order valence-corrected chi connectivity index (χ3v) is 4.46. The summed E-state index contributed by atoms with van der Waals surface area (Å²) in [5.74, 6) is -1.41. The van der Waals surface area contributed by atoms with Crippen molar-refractivity contribution in [2.24, 2.45) is 5.92 Å². The standard InChI is InChI=1S/C17H15F3N6O/c1-9-7-13(12-3-2-6-21-25-12)23-15-11(8-22-26(9)15)16(27)24-14(10-4-5-10)17(18,19)20/h2-3,6-8,10,14H,4-5H2,1H3,(H,24,27). The Kier molecular flexibility index (Phi) is 4.05. The van der Waals surface area contributed by atoms with Gasteiger partial charge in [0.25, 0.3) is 5.91 Å². The molecule has 1 aliphatic carbocycles. The number of carbonyl (C=O) groups is 1. The molecule has 3 heterocycles. The molecule has 0 spiro atoms. The van der Waals surface area contributed by atoms with Gasteiger partial charge in [-0.05, 0) is 43.9 Å². The van der Waals surface area contributed by atoms with Crippen LogP contribution in [0.4, 0.5) is 13.2 Å². The number of halogens is 3. The number of alkyl halides is 3. The first-order valence-electron chi connectivity index (χ1n) is 8.35. The molecule has 0 aliphatic heterocycles. The number of fused-ring (bicyclic) bond motifs is 1. The van der Waals surface area contributed by atoms with Crippen LogP contribution in [0.1, 0.15) is 28.9 Å². The van der Waals surface area contributed by atoms with Crippen LogP contribution >= 0.6 is 0 Å². The number of carbonyl (C=O) groups excluding carboxylic acids is 1. The van der Waals surface area contributed by atoms with Gasteiger partial charge in [0, 0.05) is 11.9 Å². The molecule has 140 valence electrons. The molecule has 3 aromatic rings. The van der Waals surface area contributed by atoms with E-state index in [9.17, 15) is 18.0 Å². The molecular weight excluding hydrogens is 361 g/mol. The number of nitrogens with one attached hydrogen (secondary N) is 1. The fraction of sp³-hybridized carbons (Fsp3) is 0.353. The Balaban J connectivity index is 1.71. The highest BCUT2D eigenvalue weighted by atomic mass is 19.4. The summed E-state index contributed by atoms with van der Waals surface area (Å²) in [5, 5.41) is 14.0. The lowest BCUT2D eigenvalue weighted by molar-refractivity contribution is -0.158. The lowest BCUT2D eigenvalue weighted by Gasteiger charge is -2.20. The molecule has 1 amide bonds. The first-order valence-corrected chi connectivity index (χ1v) is 8.35. The minimum atomic E-state index is -4.49. The summed E-state index contributed by atoms with van der Waals surface area (Å²) in [6, 6.07) is 3.25. The molecule has 27 heavy (non-hydrogen) atoms. The van der Waals surface area contributed by atoms with Crippen LogP contribution in [-0.4, -0.2) is 42.9 Å². The maximum Gasteiger partial charge on any atom is 0.408 e. The highest BCUT2D eigenvalue weighted by Crippen LogP contribution is 2.40. The highest BCUT2D eigenvalue weighted by Gasteiger charge is 2.49. The lowest BCUT2D eigenvalue weighted by Crippen LogP contribution is -2.46. The first kappa shape index (κ1) is 17.4. The number of rotatable bonds is 4. The van der Waals surface area contributed by atoms with Gasteiger partial charge in [0.1, 0.15) is 17.3 Å². The van der Waals surface area contributed by atoms with E-state index in [1.54, 1.807) is 25.1 Å². The SMILES string of the molecule is Cc1cc(-c2cccnn2)nc2c(C(=O)NC(C3CC3)C(F)(F)F)cnn12. The summed E-state index contributed by atoms with van der Waals surface area (Å²) in [6.45, 7) is 1.76. The summed E-state index contributed by atoms with van der Waals surface area (Å²) in [5.41, 5.74) is 1.76. The molecule has 1 aliphatic rings. The highest BCUT2D eigenvalue weighted by molar-refractivity contribution is 6.00. The Morgan fingerprint density at radius 3 is 2.74 bits per heavy atom. The third-order valence-electron chi connectivity index (χ3n) is 4.46. The Bertz CT molecular complexity index is 997. The molecule has 3 aromatic heterocycles. The Morgan fingerprint density at radius 1 is 1.33 bits per heavy atom. The molecule has 0 radical (unpaired) electrons. The van der Waals surface area contributed by atoms with Crippen LogP contribution in [0, 0.1) is 12.8 Å². The summed E-state index contributed by atoms with van der Waals surface area (Å²) in [7, 11) is 0. The molecule has 0 saturated heterocycles. The van der Waals surface area contributed by atoms with E-state index in [0.717, 1.165) is 0 Å². The van der Waals surface area contributed by atoms with E-state index in [4.69, 9.17) is 0 Å². The van der Waals surface area contributed by atoms with Gasteiger partial charge in [-0.3, -0.25) is 4.79 Å². The fourth-order valence-corrected chi connectivity index (χ4v) is 2.96. The second kappa shape index (κ2) is 6.29. The number of hydrogen-bond donors (Lipinski definition) is 1. The monoisotopic (exact) mass is 376 g/mol. The molecule has 7 nitrogen and oxygen atoms in total. The average molecular weight is 376 g/mol. The van der Waals surface area contributed by atoms with Crippen molar-refractivity contribution in [1.29, 1.82) is 0 Å². The molecule has 1 N–H and O–H groups in total. The van der Waals surface area contributed by atoms with Gasteiger partial charge in [0.15, 0.2) is 5.65 Å². The minimum absolute atomic E-state index is 0.0151. The van der Waals surface area contributed by atoms with Gasteiger partial charge >= 0.3 is 6.18 Å². The molecular formula is C17H15F3N6O. The molecule has 1 atom stereocenters. The smallest absolute Gasteiger partial charge is 0.340 e. The summed E-state index contributed by atoms with van der Waals surface area (Å²) in [4.78, 5) is 16.9. The van der Waals surface area contributed by atoms with Crippen LogP contribution in [0.25, 0.3) is 17.0 Å². The van der Waals surface area contributed by atoms with E-state index in [-0.39, 0.29) is 11.2 Å². The molecule has 1 saturated carbocycles. The van der Waals surface area contributed by atoms with Crippen molar-refractivity contribution in [3.8, 4) is 11.4 Å². The van der Waals surface area contributed by atoms with E-state index in [0.29, 0.717) is 29.9 Å². The van der Waals surface area contributed by atoms with E-state index < -0.39 is 24.0 Å². The van der Waals surface area contributed by atoms with Crippen LogP contribution < -0.4 is 5.32 Å². The van der Waals surface area contributed by atoms with E-state index in [2.05, 4.69) is 25.6 Å². The van der Waals surface area contributed by atoms with Crippen molar-refractivity contribution in [2.45, 2.75) is 32.0 Å². The summed E-state index contributed by atoms with van der Waals surface area (Å²) < 4.78 is 41.0. The molecule has 1 fully saturated rings. The topological polar surface area (TPSA) is 85.1 Å². The first-order chi connectivity index (χ1) is 12.8. The number of aromatic nitrogens is 5. The third kappa shape index (κ3) is 3.34. The van der Waals surface area contributed by atoms with Crippen molar-refractivity contribution in [3.05, 3.63) is 41.9 Å². The van der Waals surface area contributed by atoms with Crippen molar-refractivity contribution in [2.75, 3.05) is 0 Å². The maximum absolute atomic E-state index is 13.2.